The molecule has 0 aromatic carbocycles. The maximum absolute atomic E-state index is 12.3. The van der Waals surface area contributed by atoms with E-state index in [0.717, 1.165) is 10.2 Å². The minimum atomic E-state index is -0.189. The predicted octanol–water partition coefficient (Wildman–Crippen LogP) is 5.41. The van der Waals surface area contributed by atoms with E-state index in [9.17, 15) is 9.90 Å². The lowest BCUT2D eigenvalue weighted by Crippen LogP contribution is -2.28. The van der Waals surface area contributed by atoms with Crippen molar-refractivity contribution >= 4 is 27.4 Å². The summed E-state index contributed by atoms with van der Waals surface area (Å²) in [5.41, 5.74) is 1.49. The zero-order valence-electron chi connectivity index (χ0n) is 13.9. The van der Waals surface area contributed by atoms with Crippen LogP contribution in [0.2, 0.25) is 0 Å². The molecule has 0 fully saturated rings. The average molecular weight is 366 g/mol. The summed E-state index contributed by atoms with van der Waals surface area (Å²) in [6.07, 6.45) is 8.50. The third-order valence-electron chi connectivity index (χ3n) is 3.50. The summed E-state index contributed by atoms with van der Waals surface area (Å²) < 4.78 is 0.956. The standard InChI is InChI=1S/C18H24BrNO2/c1-6-13(19)8-9-14(7-2)20-12(3)17-15(21)10-18(4,5)11-16(17)22/h6-9,21H,10-11H2,1-5H3/b9-8-,13-6+,14-7+,20-12?. The van der Waals surface area contributed by atoms with Gasteiger partial charge in [-0.05, 0) is 38.3 Å². The molecule has 0 aromatic rings. The van der Waals surface area contributed by atoms with Crippen molar-refractivity contribution in [2.75, 3.05) is 0 Å². The molecule has 0 aromatic heterocycles. The second-order valence-electron chi connectivity index (χ2n) is 6.18. The smallest absolute Gasteiger partial charge is 0.168 e. The third-order valence-corrected chi connectivity index (χ3v) is 4.22. The lowest BCUT2D eigenvalue weighted by Gasteiger charge is -2.29. The van der Waals surface area contributed by atoms with Crippen molar-refractivity contribution in [2.24, 2.45) is 10.4 Å². The molecule has 22 heavy (non-hydrogen) atoms. The van der Waals surface area contributed by atoms with Crippen molar-refractivity contribution in [3.05, 3.63) is 45.8 Å². The van der Waals surface area contributed by atoms with Crippen LogP contribution in [0.5, 0.6) is 0 Å². The topological polar surface area (TPSA) is 49.7 Å². The van der Waals surface area contributed by atoms with Crippen LogP contribution in [0.25, 0.3) is 0 Å². The van der Waals surface area contributed by atoms with Gasteiger partial charge in [0.2, 0.25) is 0 Å². The number of carbonyl (C=O) groups excluding carboxylic acids is 1. The van der Waals surface area contributed by atoms with Crippen molar-refractivity contribution in [3.63, 3.8) is 0 Å². The maximum atomic E-state index is 12.3. The molecule has 0 amide bonds. The number of Topliss-reactive ketones (excluding diaryl/α,β-unsaturated/α-hetero) is 1. The molecular weight excluding hydrogens is 342 g/mol. The Morgan fingerprint density at radius 2 is 1.86 bits per heavy atom. The molecule has 0 heterocycles. The summed E-state index contributed by atoms with van der Waals surface area (Å²) >= 11 is 3.40. The van der Waals surface area contributed by atoms with Crippen molar-refractivity contribution in [2.45, 2.75) is 47.5 Å². The zero-order chi connectivity index (χ0) is 16.9. The Morgan fingerprint density at radius 3 is 2.36 bits per heavy atom. The first kappa shape index (κ1) is 18.6. The minimum absolute atomic E-state index is 0.0379. The van der Waals surface area contributed by atoms with Gasteiger partial charge in [0.05, 0.1) is 17.0 Å². The molecule has 0 atom stereocenters. The third kappa shape index (κ3) is 5.09. The fourth-order valence-corrected chi connectivity index (χ4v) is 2.54. The average Bonchev–Trinajstić information content (AvgIpc) is 2.40. The Labute approximate surface area is 141 Å². The van der Waals surface area contributed by atoms with E-state index in [4.69, 9.17) is 0 Å². The largest absolute Gasteiger partial charge is 0.511 e. The highest BCUT2D eigenvalue weighted by molar-refractivity contribution is 9.11. The highest BCUT2D eigenvalue weighted by atomic mass is 79.9. The van der Waals surface area contributed by atoms with E-state index in [1.165, 1.54) is 0 Å². The molecule has 0 spiro atoms. The van der Waals surface area contributed by atoms with Crippen LogP contribution < -0.4 is 0 Å². The molecular formula is C18H24BrNO2. The Balaban J connectivity index is 3.10. The minimum Gasteiger partial charge on any atom is -0.511 e. The number of aliphatic hydroxyl groups is 1. The molecule has 4 heteroatoms. The van der Waals surface area contributed by atoms with Crippen molar-refractivity contribution < 1.29 is 9.90 Å². The summed E-state index contributed by atoms with van der Waals surface area (Å²) in [7, 11) is 0. The van der Waals surface area contributed by atoms with Crippen LogP contribution in [-0.4, -0.2) is 16.6 Å². The fourth-order valence-electron chi connectivity index (χ4n) is 2.41. The van der Waals surface area contributed by atoms with E-state index in [0.29, 0.717) is 24.1 Å². The Hall–Kier alpha value is -1.42. The Bertz CT molecular complexity index is 605. The van der Waals surface area contributed by atoms with E-state index in [1.54, 1.807) is 6.92 Å². The number of hydrogen-bond donors (Lipinski definition) is 1. The van der Waals surface area contributed by atoms with E-state index in [1.807, 2.05) is 52.0 Å². The molecule has 0 saturated carbocycles. The summed E-state index contributed by atoms with van der Waals surface area (Å²) in [6, 6.07) is 0. The summed E-state index contributed by atoms with van der Waals surface area (Å²) in [4.78, 5) is 16.8. The summed E-state index contributed by atoms with van der Waals surface area (Å²) in [5.74, 6) is 0.112. The van der Waals surface area contributed by atoms with Gasteiger partial charge in [-0.3, -0.25) is 9.79 Å². The van der Waals surface area contributed by atoms with Gasteiger partial charge in [-0.1, -0.05) is 41.9 Å². The summed E-state index contributed by atoms with van der Waals surface area (Å²) in [6.45, 7) is 9.56. The zero-order valence-corrected chi connectivity index (χ0v) is 15.5. The van der Waals surface area contributed by atoms with Crippen LogP contribution in [0.3, 0.4) is 0 Å². The number of carbonyl (C=O) groups is 1. The normalized spacial score (nSPS) is 21.0. The van der Waals surface area contributed by atoms with Gasteiger partial charge >= 0.3 is 0 Å². The number of aliphatic hydroxyl groups excluding tert-OH is 1. The molecule has 0 bridgehead atoms. The molecule has 120 valence electrons. The van der Waals surface area contributed by atoms with E-state index >= 15 is 0 Å². The van der Waals surface area contributed by atoms with Crippen molar-refractivity contribution in [1.29, 1.82) is 0 Å². The lowest BCUT2D eigenvalue weighted by molar-refractivity contribution is -0.117. The number of hydrogen-bond acceptors (Lipinski definition) is 3. The fraction of sp³-hybridized carbons (Fsp3) is 0.444. The van der Waals surface area contributed by atoms with Crippen LogP contribution in [-0.2, 0) is 4.79 Å². The highest BCUT2D eigenvalue weighted by Gasteiger charge is 2.33. The highest BCUT2D eigenvalue weighted by Crippen LogP contribution is 2.36. The number of rotatable bonds is 4. The maximum Gasteiger partial charge on any atom is 0.168 e. The first-order chi connectivity index (χ1) is 10.2. The van der Waals surface area contributed by atoms with Gasteiger partial charge in [-0.25, -0.2) is 0 Å². The number of allylic oxidation sites excluding steroid dienone is 7. The SMILES string of the molecule is C\C=C(Br)/C=C\C(=C/C)N=C(C)C1=C(O)CC(C)(C)CC1=O. The van der Waals surface area contributed by atoms with Gasteiger partial charge < -0.3 is 5.11 Å². The number of halogens is 1. The first-order valence-electron chi connectivity index (χ1n) is 7.37. The van der Waals surface area contributed by atoms with Gasteiger partial charge in [0.25, 0.3) is 0 Å². The van der Waals surface area contributed by atoms with E-state index in [2.05, 4.69) is 20.9 Å². The van der Waals surface area contributed by atoms with Crippen LogP contribution in [0.4, 0.5) is 0 Å². The quantitative estimate of drug-likeness (QED) is 0.534. The monoisotopic (exact) mass is 365 g/mol. The number of ketones is 1. The van der Waals surface area contributed by atoms with Crippen LogP contribution in [0, 0.1) is 5.41 Å². The number of nitrogens with zero attached hydrogens (tertiary/aromatic N) is 1. The van der Waals surface area contributed by atoms with Crippen LogP contribution in [0.15, 0.2) is 50.8 Å². The molecule has 1 aliphatic rings. The molecule has 1 N–H and O–H groups in total. The van der Waals surface area contributed by atoms with Crippen LogP contribution >= 0.6 is 15.9 Å². The van der Waals surface area contributed by atoms with Crippen molar-refractivity contribution in [1.82, 2.24) is 0 Å². The van der Waals surface area contributed by atoms with E-state index in [-0.39, 0.29) is 17.0 Å². The second kappa shape index (κ2) is 7.73. The first-order valence-corrected chi connectivity index (χ1v) is 8.16. The lowest BCUT2D eigenvalue weighted by atomic mass is 9.76. The molecule has 0 unspecified atom stereocenters. The van der Waals surface area contributed by atoms with Gasteiger partial charge in [0, 0.05) is 17.3 Å². The van der Waals surface area contributed by atoms with Gasteiger partial charge in [0.15, 0.2) is 5.78 Å². The Morgan fingerprint density at radius 1 is 1.23 bits per heavy atom. The molecule has 3 nitrogen and oxygen atoms in total. The summed E-state index contributed by atoms with van der Waals surface area (Å²) in [5, 5.41) is 10.2. The predicted molar refractivity (Wildman–Crippen MR) is 96.4 cm³/mol. The van der Waals surface area contributed by atoms with E-state index < -0.39 is 0 Å². The van der Waals surface area contributed by atoms with Gasteiger partial charge in [-0.2, -0.15) is 0 Å². The second-order valence-corrected chi connectivity index (χ2v) is 7.10. The van der Waals surface area contributed by atoms with Crippen LogP contribution in [0.1, 0.15) is 47.5 Å². The number of aliphatic imine (C=N–C) groups is 1. The van der Waals surface area contributed by atoms with Crippen molar-refractivity contribution in [3.8, 4) is 0 Å². The molecule has 1 rings (SSSR count). The molecule has 0 radical (unpaired) electrons. The van der Waals surface area contributed by atoms with Gasteiger partial charge in [0.1, 0.15) is 5.76 Å². The molecule has 1 aliphatic carbocycles. The molecule has 0 aliphatic heterocycles. The molecule has 0 saturated heterocycles. The Kier molecular flexibility index (Phi) is 6.54. The van der Waals surface area contributed by atoms with Gasteiger partial charge in [-0.15, -0.1) is 0 Å².